The summed E-state index contributed by atoms with van der Waals surface area (Å²) < 4.78 is 10.2. The van der Waals surface area contributed by atoms with Gasteiger partial charge in [-0.2, -0.15) is 0 Å². The molecule has 0 bridgehead atoms. The van der Waals surface area contributed by atoms with Crippen molar-refractivity contribution < 1.29 is 19.1 Å². The van der Waals surface area contributed by atoms with Crippen LogP contribution in [0.1, 0.15) is 17.3 Å². The number of hydrogen-bond donors (Lipinski definition) is 1. The van der Waals surface area contributed by atoms with Crippen LogP contribution in [0.4, 0.5) is 5.69 Å². The molecule has 1 N–H and O–H groups in total. The van der Waals surface area contributed by atoms with Crippen LogP contribution in [0.2, 0.25) is 5.02 Å². The number of carbonyl (C=O) groups is 2. The van der Waals surface area contributed by atoms with Crippen molar-refractivity contribution >= 4 is 29.2 Å². The Morgan fingerprint density at radius 3 is 2.35 bits per heavy atom. The molecule has 0 aliphatic carbocycles. The van der Waals surface area contributed by atoms with Crippen molar-refractivity contribution in [3.8, 4) is 5.75 Å². The summed E-state index contributed by atoms with van der Waals surface area (Å²) in [6.45, 7) is 1.63. The highest BCUT2D eigenvalue weighted by atomic mass is 35.5. The number of ether oxygens (including phenoxy) is 2. The van der Waals surface area contributed by atoms with E-state index in [4.69, 9.17) is 16.3 Å². The lowest BCUT2D eigenvalue weighted by Crippen LogP contribution is -2.30. The molecule has 2 aromatic carbocycles. The van der Waals surface area contributed by atoms with Crippen LogP contribution >= 0.6 is 11.6 Å². The number of rotatable bonds is 5. The molecule has 6 heteroatoms. The molecule has 0 saturated heterocycles. The normalized spacial score (nSPS) is 11.4. The number of amides is 1. The minimum absolute atomic E-state index is 0.323. The third kappa shape index (κ3) is 4.47. The molecule has 0 spiro atoms. The molecule has 0 fully saturated rings. The van der Waals surface area contributed by atoms with E-state index in [9.17, 15) is 9.59 Å². The number of benzene rings is 2. The smallest absolute Gasteiger partial charge is 0.337 e. The average molecular weight is 334 g/mol. The summed E-state index contributed by atoms with van der Waals surface area (Å²) in [6, 6.07) is 13.3. The Balaban J connectivity index is 1.98. The molecule has 120 valence electrons. The van der Waals surface area contributed by atoms with E-state index in [0.29, 0.717) is 22.0 Å². The van der Waals surface area contributed by atoms with Gasteiger partial charge < -0.3 is 14.8 Å². The molecule has 0 unspecified atom stereocenters. The van der Waals surface area contributed by atoms with Gasteiger partial charge in [0.2, 0.25) is 0 Å². The van der Waals surface area contributed by atoms with Gasteiger partial charge in [-0.15, -0.1) is 0 Å². The van der Waals surface area contributed by atoms with Crippen LogP contribution < -0.4 is 10.1 Å². The maximum absolute atomic E-state index is 12.1. The number of halogens is 1. The van der Waals surface area contributed by atoms with Crippen molar-refractivity contribution in [2.75, 3.05) is 12.4 Å². The summed E-state index contributed by atoms with van der Waals surface area (Å²) in [5.41, 5.74) is 0.961. The van der Waals surface area contributed by atoms with Crippen molar-refractivity contribution in [2.24, 2.45) is 0 Å². The fraction of sp³-hybridized carbons (Fsp3) is 0.176. The van der Waals surface area contributed by atoms with Gasteiger partial charge in [-0.25, -0.2) is 4.79 Å². The van der Waals surface area contributed by atoms with E-state index in [1.54, 1.807) is 55.5 Å². The molecule has 0 aliphatic rings. The van der Waals surface area contributed by atoms with Crippen molar-refractivity contribution in [2.45, 2.75) is 13.0 Å². The van der Waals surface area contributed by atoms with Crippen LogP contribution in [0.25, 0.3) is 0 Å². The van der Waals surface area contributed by atoms with E-state index in [1.165, 1.54) is 7.11 Å². The van der Waals surface area contributed by atoms with E-state index in [-0.39, 0.29) is 5.91 Å². The molecule has 1 amide bonds. The summed E-state index contributed by atoms with van der Waals surface area (Å²) in [5.74, 6) is -0.313. The molecule has 2 aromatic rings. The molecular formula is C17H16ClNO4. The maximum Gasteiger partial charge on any atom is 0.337 e. The zero-order chi connectivity index (χ0) is 16.8. The molecule has 5 nitrogen and oxygen atoms in total. The fourth-order valence-electron chi connectivity index (χ4n) is 1.84. The Bertz CT molecular complexity index is 700. The number of carbonyl (C=O) groups excluding carboxylic acids is 2. The largest absolute Gasteiger partial charge is 0.479 e. The van der Waals surface area contributed by atoms with Crippen molar-refractivity contribution in [1.29, 1.82) is 0 Å². The summed E-state index contributed by atoms with van der Waals surface area (Å²) in [6.07, 6.45) is -0.727. The van der Waals surface area contributed by atoms with Gasteiger partial charge in [0.05, 0.1) is 17.7 Å². The Morgan fingerprint density at radius 2 is 1.74 bits per heavy atom. The molecule has 0 saturated carbocycles. The number of esters is 1. The molecule has 1 atom stereocenters. The first kappa shape index (κ1) is 16.8. The van der Waals surface area contributed by atoms with Crippen LogP contribution in [0.15, 0.2) is 48.5 Å². The minimum atomic E-state index is -0.727. The van der Waals surface area contributed by atoms with Gasteiger partial charge >= 0.3 is 5.97 Å². The topological polar surface area (TPSA) is 64.6 Å². The van der Waals surface area contributed by atoms with E-state index in [0.717, 1.165) is 0 Å². The van der Waals surface area contributed by atoms with E-state index in [1.807, 2.05) is 0 Å². The molecule has 2 rings (SSSR count). The predicted molar refractivity (Wildman–Crippen MR) is 88.0 cm³/mol. The first-order chi connectivity index (χ1) is 11.0. The predicted octanol–water partition coefficient (Wildman–Crippen LogP) is 3.53. The highest BCUT2D eigenvalue weighted by molar-refractivity contribution is 6.32. The molecule has 0 radical (unpaired) electrons. The zero-order valence-corrected chi connectivity index (χ0v) is 13.5. The Hall–Kier alpha value is -2.53. The van der Waals surface area contributed by atoms with Crippen LogP contribution in [-0.2, 0) is 9.53 Å². The van der Waals surface area contributed by atoms with Gasteiger partial charge in [-0.3, -0.25) is 4.79 Å². The number of nitrogens with one attached hydrogen (secondary N) is 1. The van der Waals surface area contributed by atoms with Crippen molar-refractivity contribution in [3.63, 3.8) is 0 Å². The Labute approximate surface area is 139 Å². The van der Waals surface area contributed by atoms with Crippen LogP contribution in [-0.4, -0.2) is 25.1 Å². The Kier molecular flexibility index (Phi) is 5.60. The highest BCUT2D eigenvalue weighted by Crippen LogP contribution is 2.24. The molecule has 0 aliphatic heterocycles. The second-order valence-corrected chi connectivity index (χ2v) is 5.16. The molecule has 0 heterocycles. The summed E-state index contributed by atoms with van der Waals surface area (Å²) in [4.78, 5) is 23.5. The van der Waals surface area contributed by atoms with Crippen LogP contribution in [0, 0.1) is 0 Å². The lowest BCUT2D eigenvalue weighted by molar-refractivity contribution is -0.122. The maximum atomic E-state index is 12.1. The third-order valence-corrected chi connectivity index (χ3v) is 3.40. The molecule has 0 aromatic heterocycles. The highest BCUT2D eigenvalue weighted by Gasteiger charge is 2.16. The first-order valence-corrected chi connectivity index (χ1v) is 7.29. The van der Waals surface area contributed by atoms with Gasteiger partial charge in [0, 0.05) is 5.69 Å². The van der Waals surface area contributed by atoms with E-state index in [2.05, 4.69) is 10.1 Å². The van der Waals surface area contributed by atoms with Gasteiger partial charge in [-0.1, -0.05) is 23.7 Å². The number of methoxy groups -OCH3 is 1. The average Bonchev–Trinajstić information content (AvgIpc) is 2.56. The number of hydrogen-bond acceptors (Lipinski definition) is 4. The molecule has 23 heavy (non-hydrogen) atoms. The summed E-state index contributed by atoms with van der Waals surface area (Å²) in [7, 11) is 1.31. The summed E-state index contributed by atoms with van der Waals surface area (Å²) >= 11 is 5.99. The van der Waals surface area contributed by atoms with Gasteiger partial charge in [-0.05, 0) is 43.3 Å². The lowest BCUT2D eigenvalue weighted by Gasteiger charge is -2.15. The lowest BCUT2D eigenvalue weighted by atomic mass is 10.2. The van der Waals surface area contributed by atoms with Gasteiger partial charge in [0.15, 0.2) is 6.10 Å². The van der Waals surface area contributed by atoms with Crippen LogP contribution in [0.3, 0.4) is 0 Å². The zero-order valence-electron chi connectivity index (χ0n) is 12.7. The van der Waals surface area contributed by atoms with Gasteiger partial charge in [0.1, 0.15) is 5.75 Å². The first-order valence-electron chi connectivity index (χ1n) is 6.91. The van der Waals surface area contributed by atoms with Gasteiger partial charge in [0.25, 0.3) is 5.91 Å². The van der Waals surface area contributed by atoms with Crippen molar-refractivity contribution in [1.82, 2.24) is 0 Å². The SMILES string of the molecule is COC(=O)c1ccc(NC(=O)[C@@H](C)Oc2ccccc2Cl)cc1. The standard InChI is InChI=1S/C17H16ClNO4/c1-11(23-15-6-4-3-5-14(15)18)16(20)19-13-9-7-12(8-10-13)17(21)22-2/h3-11H,1-2H3,(H,19,20)/t11-/m1/s1. The summed E-state index contributed by atoms with van der Waals surface area (Å²) in [5, 5.41) is 3.15. The molecular weight excluding hydrogens is 318 g/mol. The van der Waals surface area contributed by atoms with Crippen LogP contribution in [0.5, 0.6) is 5.75 Å². The second kappa shape index (κ2) is 7.65. The Morgan fingerprint density at radius 1 is 1.09 bits per heavy atom. The van der Waals surface area contributed by atoms with E-state index < -0.39 is 12.1 Å². The quantitative estimate of drug-likeness (QED) is 0.850. The number of para-hydroxylation sites is 1. The monoisotopic (exact) mass is 333 g/mol. The van der Waals surface area contributed by atoms with Crippen molar-refractivity contribution in [3.05, 3.63) is 59.1 Å². The fourth-order valence-corrected chi connectivity index (χ4v) is 2.02. The minimum Gasteiger partial charge on any atom is -0.479 e. The third-order valence-electron chi connectivity index (χ3n) is 3.08. The van der Waals surface area contributed by atoms with E-state index >= 15 is 0 Å². The second-order valence-electron chi connectivity index (χ2n) is 4.75. The number of anilines is 1.